The van der Waals surface area contributed by atoms with Crippen LogP contribution in [0.15, 0.2) is 30.3 Å². The third kappa shape index (κ3) is 2.02. The normalized spacial score (nSPS) is 17.1. The van der Waals surface area contributed by atoms with Crippen molar-refractivity contribution in [3.05, 3.63) is 35.9 Å². The molecule has 1 aliphatic heterocycles. The van der Waals surface area contributed by atoms with Gasteiger partial charge in [0.25, 0.3) is 0 Å². The van der Waals surface area contributed by atoms with E-state index in [0.717, 1.165) is 0 Å². The number of ether oxygens (including phenoxy) is 1. The van der Waals surface area contributed by atoms with E-state index in [9.17, 15) is 9.59 Å². The van der Waals surface area contributed by atoms with Crippen LogP contribution in [0.5, 0.6) is 0 Å². The van der Waals surface area contributed by atoms with E-state index >= 15 is 0 Å². The summed E-state index contributed by atoms with van der Waals surface area (Å²) in [6, 6.07) is 8.19. The maximum atomic E-state index is 11.4. The second kappa shape index (κ2) is 4.53. The molecule has 0 aliphatic carbocycles. The highest BCUT2D eigenvalue weighted by molar-refractivity contribution is 6.64. The number of nitrogens with zero attached hydrogens (tertiary/aromatic N) is 1. The van der Waals surface area contributed by atoms with E-state index in [1.54, 1.807) is 24.3 Å². The highest BCUT2D eigenvalue weighted by Gasteiger charge is 2.34. The lowest BCUT2D eigenvalue weighted by Crippen LogP contribution is -2.33. The van der Waals surface area contributed by atoms with Crippen LogP contribution < -0.4 is 0 Å². The number of hydrogen-bond donors (Lipinski definition) is 0. The lowest BCUT2D eigenvalue weighted by Gasteiger charge is -2.22. The SMILES string of the molecule is O=C(Cl)[C@H](c1ccccc1)N1CCOC1=O. The Morgan fingerprint density at radius 1 is 1.38 bits per heavy atom. The molecular formula is C11H10ClNO3. The number of rotatable bonds is 3. The van der Waals surface area contributed by atoms with Crippen LogP contribution in [-0.4, -0.2) is 29.4 Å². The standard InChI is InChI=1S/C11H10ClNO3/c12-10(14)9(8-4-2-1-3-5-8)13-6-7-16-11(13)15/h1-5,9H,6-7H2/t9-/m0/s1. The summed E-state index contributed by atoms with van der Waals surface area (Å²) >= 11 is 5.54. The van der Waals surface area contributed by atoms with Crippen molar-refractivity contribution in [1.29, 1.82) is 0 Å². The van der Waals surface area contributed by atoms with Crippen molar-refractivity contribution in [2.45, 2.75) is 6.04 Å². The number of cyclic esters (lactones) is 1. The molecule has 0 radical (unpaired) electrons. The maximum Gasteiger partial charge on any atom is 0.410 e. The van der Waals surface area contributed by atoms with Crippen LogP contribution >= 0.6 is 11.6 Å². The first-order valence-corrected chi connectivity index (χ1v) is 5.25. The number of hydrogen-bond acceptors (Lipinski definition) is 3. The van der Waals surface area contributed by atoms with E-state index in [-0.39, 0.29) is 0 Å². The minimum absolute atomic E-state index is 0.298. The maximum absolute atomic E-state index is 11.4. The monoisotopic (exact) mass is 239 g/mol. The molecule has 0 spiro atoms. The fraction of sp³-hybridized carbons (Fsp3) is 0.273. The average molecular weight is 240 g/mol. The van der Waals surface area contributed by atoms with Gasteiger partial charge in [0.2, 0.25) is 5.24 Å². The number of carbonyl (C=O) groups is 2. The van der Waals surface area contributed by atoms with Crippen molar-refractivity contribution in [1.82, 2.24) is 4.90 Å². The van der Waals surface area contributed by atoms with Crippen LogP contribution in [0, 0.1) is 0 Å². The predicted molar refractivity (Wildman–Crippen MR) is 58.1 cm³/mol. The first-order valence-electron chi connectivity index (χ1n) is 4.88. The van der Waals surface area contributed by atoms with Gasteiger partial charge in [-0.25, -0.2) is 4.79 Å². The van der Waals surface area contributed by atoms with E-state index in [4.69, 9.17) is 16.3 Å². The van der Waals surface area contributed by atoms with E-state index in [1.165, 1.54) is 4.90 Å². The largest absolute Gasteiger partial charge is 0.448 e. The minimum Gasteiger partial charge on any atom is -0.448 e. The Balaban J connectivity index is 2.31. The van der Waals surface area contributed by atoms with Gasteiger partial charge in [-0.2, -0.15) is 0 Å². The van der Waals surface area contributed by atoms with Gasteiger partial charge in [-0.05, 0) is 17.2 Å². The van der Waals surface area contributed by atoms with Gasteiger partial charge in [-0.15, -0.1) is 0 Å². The summed E-state index contributed by atoms with van der Waals surface area (Å²) in [4.78, 5) is 24.1. The molecule has 1 fully saturated rings. The average Bonchev–Trinajstić information content (AvgIpc) is 2.66. The van der Waals surface area contributed by atoms with Crippen LogP contribution in [0.3, 0.4) is 0 Å². The van der Waals surface area contributed by atoms with Crippen molar-refractivity contribution in [2.75, 3.05) is 13.2 Å². The van der Waals surface area contributed by atoms with Crippen molar-refractivity contribution in [3.8, 4) is 0 Å². The zero-order valence-electron chi connectivity index (χ0n) is 8.43. The number of amides is 1. The second-order valence-corrected chi connectivity index (χ2v) is 3.80. The zero-order valence-corrected chi connectivity index (χ0v) is 9.18. The van der Waals surface area contributed by atoms with E-state index < -0.39 is 17.4 Å². The summed E-state index contributed by atoms with van der Waals surface area (Å²) in [5, 5.41) is -0.579. The van der Waals surface area contributed by atoms with Crippen molar-refractivity contribution in [3.63, 3.8) is 0 Å². The molecular weight excluding hydrogens is 230 g/mol. The summed E-state index contributed by atoms with van der Waals surface area (Å²) in [7, 11) is 0. The molecule has 1 aromatic carbocycles. The topological polar surface area (TPSA) is 46.6 Å². The van der Waals surface area contributed by atoms with E-state index in [0.29, 0.717) is 18.7 Å². The fourth-order valence-corrected chi connectivity index (χ4v) is 1.95. The molecule has 2 rings (SSSR count). The highest BCUT2D eigenvalue weighted by atomic mass is 35.5. The summed E-state index contributed by atoms with van der Waals surface area (Å²) in [6.45, 7) is 0.684. The van der Waals surface area contributed by atoms with Gasteiger partial charge in [0.05, 0.1) is 6.54 Å². The molecule has 1 amide bonds. The van der Waals surface area contributed by atoms with Gasteiger partial charge >= 0.3 is 6.09 Å². The van der Waals surface area contributed by atoms with Crippen LogP contribution in [0.25, 0.3) is 0 Å². The summed E-state index contributed by atoms with van der Waals surface area (Å²) in [5.74, 6) is 0. The molecule has 1 heterocycles. The second-order valence-electron chi connectivity index (χ2n) is 3.43. The van der Waals surface area contributed by atoms with Gasteiger partial charge in [0.15, 0.2) is 0 Å². The lowest BCUT2D eigenvalue weighted by molar-refractivity contribution is -0.115. The molecule has 1 saturated heterocycles. The van der Waals surface area contributed by atoms with Crippen LogP contribution in [-0.2, 0) is 9.53 Å². The van der Waals surface area contributed by atoms with Crippen LogP contribution in [0.1, 0.15) is 11.6 Å². The van der Waals surface area contributed by atoms with E-state index in [2.05, 4.69) is 0 Å². The van der Waals surface area contributed by atoms with Crippen LogP contribution in [0.4, 0.5) is 4.79 Å². The smallest absolute Gasteiger partial charge is 0.410 e. The van der Waals surface area contributed by atoms with Crippen LogP contribution in [0.2, 0.25) is 0 Å². The lowest BCUT2D eigenvalue weighted by atomic mass is 10.1. The van der Waals surface area contributed by atoms with E-state index in [1.807, 2.05) is 6.07 Å². The molecule has 84 valence electrons. The predicted octanol–water partition coefficient (Wildman–Crippen LogP) is 1.95. The third-order valence-electron chi connectivity index (χ3n) is 2.43. The Morgan fingerprint density at radius 2 is 2.06 bits per heavy atom. The number of benzene rings is 1. The van der Waals surface area contributed by atoms with Gasteiger partial charge in [-0.1, -0.05) is 30.3 Å². The fourth-order valence-electron chi connectivity index (χ4n) is 1.71. The third-order valence-corrected chi connectivity index (χ3v) is 2.64. The first kappa shape index (κ1) is 11.0. The molecule has 4 nitrogen and oxygen atoms in total. The first-order chi connectivity index (χ1) is 7.70. The summed E-state index contributed by atoms with van der Waals surface area (Å²) in [6.07, 6.45) is -0.497. The summed E-state index contributed by atoms with van der Waals surface area (Å²) < 4.78 is 4.79. The Labute approximate surface area is 97.7 Å². The Hall–Kier alpha value is -1.55. The molecule has 0 aromatic heterocycles. The van der Waals surface area contributed by atoms with Gasteiger partial charge < -0.3 is 4.74 Å². The van der Waals surface area contributed by atoms with Gasteiger partial charge in [0, 0.05) is 0 Å². The summed E-state index contributed by atoms with van der Waals surface area (Å²) in [5.41, 5.74) is 0.696. The highest BCUT2D eigenvalue weighted by Crippen LogP contribution is 2.26. The quantitative estimate of drug-likeness (QED) is 0.758. The van der Waals surface area contributed by atoms with Gasteiger partial charge in [-0.3, -0.25) is 9.69 Å². The molecule has 0 saturated carbocycles. The molecule has 16 heavy (non-hydrogen) atoms. The molecule has 1 atom stereocenters. The van der Waals surface area contributed by atoms with Crippen molar-refractivity contribution in [2.24, 2.45) is 0 Å². The Morgan fingerprint density at radius 3 is 2.56 bits per heavy atom. The van der Waals surface area contributed by atoms with Gasteiger partial charge in [0.1, 0.15) is 12.6 Å². The zero-order chi connectivity index (χ0) is 11.5. The van der Waals surface area contributed by atoms with Crippen molar-refractivity contribution < 1.29 is 14.3 Å². The molecule has 1 aromatic rings. The molecule has 1 aliphatic rings. The Kier molecular flexibility index (Phi) is 3.10. The number of halogens is 1. The van der Waals surface area contributed by atoms with Crippen molar-refractivity contribution >= 4 is 22.9 Å². The molecule has 0 N–H and O–H groups in total. The molecule has 5 heteroatoms. The molecule has 0 unspecified atom stereocenters. The Bertz CT molecular complexity index is 407. The molecule has 0 bridgehead atoms. The number of carbonyl (C=O) groups excluding carboxylic acids is 2. The minimum atomic E-state index is -0.752.